The van der Waals surface area contributed by atoms with Gasteiger partial charge in [-0.2, -0.15) is 13.2 Å². The second-order valence-electron chi connectivity index (χ2n) is 7.93. The molecular weight excluding hydrogens is 390 g/mol. The van der Waals surface area contributed by atoms with Crippen molar-refractivity contribution in [2.75, 3.05) is 38.7 Å². The molecule has 0 rings (SSSR count). The second kappa shape index (κ2) is 10.6. The van der Waals surface area contributed by atoms with Gasteiger partial charge in [0.1, 0.15) is 9.84 Å². The summed E-state index contributed by atoms with van der Waals surface area (Å²) in [7, 11) is 0.297. The average molecular weight is 423 g/mol. The lowest BCUT2D eigenvalue weighted by atomic mass is 9.99. The van der Waals surface area contributed by atoms with Gasteiger partial charge in [0.25, 0.3) is 0 Å². The molecule has 0 saturated heterocycles. The monoisotopic (exact) mass is 422 g/mol. The number of nitrogens with zero attached hydrogens (tertiary/aromatic N) is 1. The third-order valence-electron chi connectivity index (χ3n) is 4.47. The lowest BCUT2D eigenvalue weighted by molar-refractivity contribution is -0.883. The van der Waals surface area contributed by atoms with Crippen LogP contribution in [0.3, 0.4) is 0 Å². The van der Waals surface area contributed by atoms with E-state index in [4.69, 9.17) is 5.11 Å². The molecule has 0 aromatic heterocycles. The second-order valence-corrected chi connectivity index (χ2v) is 10.2. The van der Waals surface area contributed by atoms with Crippen molar-refractivity contribution in [3.63, 3.8) is 0 Å². The molecule has 27 heavy (non-hydrogen) atoms. The van der Waals surface area contributed by atoms with Crippen LogP contribution >= 0.6 is 0 Å². The Labute approximate surface area is 159 Å². The summed E-state index contributed by atoms with van der Waals surface area (Å²) in [5.74, 6) is -0.931. The zero-order valence-electron chi connectivity index (χ0n) is 16.3. The highest BCUT2D eigenvalue weighted by Gasteiger charge is 2.51. The lowest BCUT2D eigenvalue weighted by Gasteiger charge is -2.27. The fourth-order valence-corrected chi connectivity index (χ4v) is 4.18. The minimum absolute atomic E-state index is 0.0106. The van der Waals surface area contributed by atoms with Crippen LogP contribution in [0.5, 0.6) is 0 Å². The molecule has 5 nitrogen and oxygen atoms in total. The maximum absolute atomic E-state index is 13.4. The highest BCUT2D eigenvalue weighted by Crippen LogP contribution is 2.37. The van der Waals surface area contributed by atoms with E-state index in [2.05, 4.69) is 0 Å². The molecule has 1 atom stereocenters. The third-order valence-corrected chi connectivity index (χ3v) is 6.30. The summed E-state index contributed by atoms with van der Waals surface area (Å²) in [6.45, 7) is 1.05. The predicted octanol–water partition coefficient (Wildman–Crippen LogP) is 3.58. The van der Waals surface area contributed by atoms with Crippen LogP contribution < -0.4 is 0 Å². The number of rotatable bonds is 14. The smallest absolute Gasteiger partial charge is 0.422 e. The van der Waals surface area contributed by atoms with E-state index in [1.54, 1.807) is 14.1 Å². The maximum atomic E-state index is 13.4. The Morgan fingerprint density at radius 2 is 1.41 bits per heavy atom. The highest BCUT2D eigenvalue weighted by molar-refractivity contribution is 7.91. The molecule has 162 valence electrons. The van der Waals surface area contributed by atoms with Crippen molar-refractivity contribution >= 4 is 15.8 Å². The van der Waals surface area contributed by atoms with Gasteiger partial charge in [-0.3, -0.25) is 0 Å². The first kappa shape index (κ1) is 26.1. The fourth-order valence-electron chi connectivity index (χ4n) is 2.68. The van der Waals surface area contributed by atoms with Crippen LogP contribution in [0.1, 0.15) is 51.9 Å². The van der Waals surface area contributed by atoms with Gasteiger partial charge in [-0.15, -0.1) is 0 Å². The van der Waals surface area contributed by atoms with E-state index in [0.29, 0.717) is 45.6 Å². The van der Waals surface area contributed by atoms with E-state index < -0.39 is 34.1 Å². The molecule has 0 aromatic carbocycles. The summed E-state index contributed by atoms with van der Waals surface area (Å²) in [5, 5.41) is 8.79. The number of alkyl halides is 4. The van der Waals surface area contributed by atoms with Gasteiger partial charge in [-0.1, -0.05) is 12.8 Å². The zero-order valence-corrected chi connectivity index (χ0v) is 17.1. The van der Waals surface area contributed by atoms with Gasteiger partial charge in [-0.05, 0) is 39.0 Å². The van der Waals surface area contributed by atoms with Crippen molar-refractivity contribution in [3.8, 4) is 0 Å². The van der Waals surface area contributed by atoms with Gasteiger partial charge in [0.15, 0.2) is 6.54 Å². The molecule has 0 aliphatic heterocycles. The van der Waals surface area contributed by atoms with Crippen LogP contribution in [0.25, 0.3) is 0 Å². The molecular formula is C17H32F4NO4S+. The number of quaternary nitrogens is 1. The van der Waals surface area contributed by atoms with Gasteiger partial charge in [-0.25, -0.2) is 17.6 Å². The normalized spacial score (nSPS) is 15.5. The van der Waals surface area contributed by atoms with Gasteiger partial charge >= 0.3 is 12.1 Å². The van der Waals surface area contributed by atoms with E-state index in [1.165, 1.54) is 0 Å². The molecule has 0 fully saturated rings. The predicted molar refractivity (Wildman–Crippen MR) is 96.0 cm³/mol. The summed E-state index contributed by atoms with van der Waals surface area (Å²) in [4.78, 5) is 10.7. The van der Waals surface area contributed by atoms with Crippen LogP contribution in [0.4, 0.5) is 17.6 Å². The Hall–Kier alpha value is -0.900. The Morgan fingerprint density at radius 3 is 1.89 bits per heavy atom. The fraction of sp³-hybridized carbons (Fsp3) is 0.941. The third kappa shape index (κ3) is 12.2. The average Bonchev–Trinajstić information content (AvgIpc) is 2.45. The number of halogens is 4. The largest absolute Gasteiger partial charge is 0.477 e. The van der Waals surface area contributed by atoms with Crippen molar-refractivity contribution in [2.24, 2.45) is 0 Å². The van der Waals surface area contributed by atoms with Crippen molar-refractivity contribution in [3.05, 3.63) is 0 Å². The first-order valence-electron chi connectivity index (χ1n) is 9.08. The van der Waals surface area contributed by atoms with Crippen molar-refractivity contribution in [1.29, 1.82) is 0 Å². The molecule has 0 aromatic rings. The topological polar surface area (TPSA) is 71.4 Å². The van der Waals surface area contributed by atoms with E-state index in [-0.39, 0.29) is 29.0 Å². The number of sulfone groups is 1. The van der Waals surface area contributed by atoms with E-state index >= 15 is 0 Å². The Bertz CT molecular complexity index is 560. The van der Waals surface area contributed by atoms with Crippen LogP contribution in [0.2, 0.25) is 0 Å². The van der Waals surface area contributed by atoms with E-state index in [9.17, 15) is 30.8 Å². The Balaban J connectivity index is 3.94. The number of hydrogen-bond acceptors (Lipinski definition) is 3. The summed E-state index contributed by atoms with van der Waals surface area (Å²) in [6, 6.07) is 0. The number of unbranched alkanes of at least 4 members (excludes halogenated alkanes) is 4. The molecule has 0 spiro atoms. The SMILES string of the molecule is CC(F)(CCCCCCS(=O)(=O)CCCC[N+](C)(C)CC(=O)O)C(F)(F)F. The minimum atomic E-state index is -4.88. The highest BCUT2D eigenvalue weighted by atomic mass is 32.2. The molecule has 1 N–H and O–H groups in total. The number of carboxylic acid groups (broad SMARTS) is 1. The van der Waals surface area contributed by atoms with Crippen LogP contribution in [0, 0.1) is 0 Å². The standard InChI is InChI=1S/C17H31F4NO4S/c1-16(18,17(19,20)21)10-6-4-5-8-12-27(25,26)13-9-7-11-22(2,3)14-15(23)24/h4-14H2,1-3H3/p+1. The number of aliphatic carboxylic acids is 1. The van der Waals surface area contributed by atoms with Crippen molar-refractivity contribution in [1.82, 2.24) is 0 Å². The van der Waals surface area contributed by atoms with Crippen molar-refractivity contribution in [2.45, 2.75) is 63.7 Å². The molecule has 0 aliphatic rings. The summed E-state index contributed by atoms with van der Waals surface area (Å²) in [6.07, 6.45) is -3.27. The van der Waals surface area contributed by atoms with E-state index in [1.807, 2.05) is 0 Å². The molecule has 0 radical (unpaired) electrons. The summed E-state index contributed by atoms with van der Waals surface area (Å²) >= 11 is 0. The van der Waals surface area contributed by atoms with Crippen molar-refractivity contribution < 1.29 is 40.4 Å². The van der Waals surface area contributed by atoms with Crippen LogP contribution in [0.15, 0.2) is 0 Å². The lowest BCUT2D eigenvalue weighted by Crippen LogP contribution is -2.44. The maximum Gasteiger partial charge on any atom is 0.422 e. The molecule has 10 heteroatoms. The molecule has 0 saturated carbocycles. The molecule has 0 bridgehead atoms. The van der Waals surface area contributed by atoms with Gasteiger partial charge in [0.2, 0.25) is 5.67 Å². The number of hydrogen-bond donors (Lipinski definition) is 1. The summed E-state index contributed by atoms with van der Waals surface area (Å²) in [5.41, 5.74) is -3.20. The zero-order chi connectivity index (χ0) is 21.4. The van der Waals surface area contributed by atoms with Gasteiger partial charge in [0.05, 0.1) is 32.1 Å². The molecule has 0 amide bonds. The summed E-state index contributed by atoms with van der Waals surface area (Å²) < 4.78 is 74.6. The van der Waals surface area contributed by atoms with Crippen LogP contribution in [-0.2, 0) is 14.6 Å². The van der Waals surface area contributed by atoms with Gasteiger partial charge < -0.3 is 9.59 Å². The number of likely N-dealkylation sites (N-methyl/N-ethyl adjacent to an activating group) is 1. The Kier molecular flexibility index (Phi) is 10.2. The van der Waals surface area contributed by atoms with Crippen LogP contribution in [-0.4, -0.2) is 74.5 Å². The Morgan fingerprint density at radius 1 is 0.926 bits per heavy atom. The molecule has 0 heterocycles. The van der Waals surface area contributed by atoms with E-state index in [0.717, 1.165) is 0 Å². The molecule has 1 unspecified atom stereocenters. The minimum Gasteiger partial charge on any atom is -0.477 e. The number of carboxylic acids is 1. The van der Waals surface area contributed by atoms with Gasteiger partial charge in [0, 0.05) is 0 Å². The first-order valence-corrected chi connectivity index (χ1v) is 10.9. The number of carbonyl (C=O) groups is 1. The quantitative estimate of drug-likeness (QED) is 0.264. The molecule has 0 aliphatic carbocycles. The first-order chi connectivity index (χ1) is 12.1.